The van der Waals surface area contributed by atoms with E-state index < -0.39 is 0 Å². The second-order valence-corrected chi connectivity index (χ2v) is 10.6. The van der Waals surface area contributed by atoms with Crippen molar-refractivity contribution in [1.82, 2.24) is 19.0 Å². The predicted molar refractivity (Wildman–Crippen MR) is 151 cm³/mol. The minimum absolute atomic E-state index is 0.00324. The van der Waals surface area contributed by atoms with Crippen molar-refractivity contribution in [2.75, 3.05) is 26.8 Å². The van der Waals surface area contributed by atoms with Crippen molar-refractivity contribution in [1.29, 1.82) is 0 Å². The van der Waals surface area contributed by atoms with Gasteiger partial charge in [-0.05, 0) is 60.9 Å². The summed E-state index contributed by atoms with van der Waals surface area (Å²) in [6.45, 7) is 2.89. The highest BCUT2D eigenvalue weighted by Crippen LogP contribution is 2.38. The van der Waals surface area contributed by atoms with Gasteiger partial charge in [0.15, 0.2) is 5.82 Å². The molecule has 1 atom stereocenters. The van der Waals surface area contributed by atoms with E-state index in [1.807, 2.05) is 35.2 Å². The van der Waals surface area contributed by atoms with Gasteiger partial charge in [-0.3, -0.25) is 4.79 Å². The zero-order chi connectivity index (χ0) is 27.4. The van der Waals surface area contributed by atoms with E-state index in [0.717, 1.165) is 52.1 Å². The number of ether oxygens (including phenoxy) is 2. The maximum absolute atomic E-state index is 13.7. The number of amides is 1. The Labute approximate surface area is 230 Å². The van der Waals surface area contributed by atoms with Gasteiger partial charge in [-0.2, -0.15) is 0 Å². The molecule has 0 radical (unpaired) electrons. The zero-order valence-electron chi connectivity index (χ0n) is 22.3. The normalized spacial score (nSPS) is 16.9. The van der Waals surface area contributed by atoms with E-state index in [-0.39, 0.29) is 17.8 Å². The first kappa shape index (κ1) is 24.7. The summed E-state index contributed by atoms with van der Waals surface area (Å²) in [4.78, 5) is 20.4. The number of hydrogen-bond acceptors (Lipinski definition) is 5. The Morgan fingerprint density at radius 2 is 1.98 bits per heavy atom. The lowest BCUT2D eigenvalue weighted by atomic mass is 10.0. The number of nitrogens with two attached hydrogens (primary N) is 1. The number of carbonyl (C=O) groups is 1. The smallest absolute Gasteiger partial charge is 0.254 e. The van der Waals surface area contributed by atoms with Crippen molar-refractivity contribution in [3.8, 4) is 23.0 Å². The van der Waals surface area contributed by atoms with E-state index in [4.69, 9.17) is 20.2 Å². The number of imidazole rings is 1. The van der Waals surface area contributed by atoms with Crippen molar-refractivity contribution in [3.63, 3.8) is 0 Å². The number of benzene rings is 3. The molecule has 0 saturated carbocycles. The fourth-order valence-electron chi connectivity index (χ4n) is 5.99. The number of fused-ring (bicyclic) bond motifs is 1. The summed E-state index contributed by atoms with van der Waals surface area (Å²) in [5.74, 6) is 1.90. The molecule has 3 aromatic carbocycles. The Balaban J connectivity index is 1.38. The van der Waals surface area contributed by atoms with E-state index in [9.17, 15) is 9.18 Å². The van der Waals surface area contributed by atoms with Crippen LogP contribution in [0.4, 0.5) is 4.39 Å². The van der Waals surface area contributed by atoms with Crippen LogP contribution in [-0.2, 0) is 13.1 Å². The molecule has 8 nitrogen and oxygen atoms in total. The van der Waals surface area contributed by atoms with Crippen LogP contribution in [0, 0.1) is 5.82 Å². The molecule has 2 aliphatic heterocycles. The number of hydrogen-bond donors (Lipinski definition) is 1. The number of rotatable bonds is 5. The molecule has 9 heteroatoms. The number of methoxy groups -OCH3 is 1. The monoisotopic (exact) mass is 539 g/mol. The molecular weight excluding hydrogens is 509 g/mol. The maximum atomic E-state index is 13.7. The number of carbonyl (C=O) groups excluding carboxylic acids is 1. The summed E-state index contributed by atoms with van der Waals surface area (Å²) in [7, 11) is 1.65. The van der Waals surface area contributed by atoms with Gasteiger partial charge in [0.2, 0.25) is 0 Å². The molecule has 2 aliphatic rings. The molecule has 2 N–H and O–H groups in total. The van der Waals surface area contributed by atoms with Gasteiger partial charge in [0.25, 0.3) is 5.91 Å². The highest BCUT2D eigenvalue weighted by atomic mass is 19.1. The van der Waals surface area contributed by atoms with Gasteiger partial charge in [0.05, 0.1) is 30.4 Å². The van der Waals surface area contributed by atoms with Crippen LogP contribution < -0.4 is 15.2 Å². The van der Waals surface area contributed by atoms with Crippen LogP contribution in [0.2, 0.25) is 0 Å². The minimum atomic E-state index is -0.267. The Hall–Kier alpha value is -4.37. The highest BCUT2D eigenvalue weighted by Gasteiger charge is 2.28. The van der Waals surface area contributed by atoms with Crippen molar-refractivity contribution < 1.29 is 18.7 Å². The van der Waals surface area contributed by atoms with Gasteiger partial charge in [0.1, 0.15) is 29.4 Å². The Morgan fingerprint density at radius 3 is 2.77 bits per heavy atom. The molecule has 7 rings (SSSR count). The maximum Gasteiger partial charge on any atom is 0.254 e. The van der Waals surface area contributed by atoms with Crippen molar-refractivity contribution in [2.24, 2.45) is 5.73 Å². The van der Waals surface area contributed by atoms with E-state index in [0.29, 0.717) is 49.6 Å². The summed E-state index contributed by atoms with van der Waals surface area (Å²) in [5, 5.41) is 1.04. The van der Waals surface area contributed by atoms with E-state index in [2.05, 4.69) is 15.2 Å². The van der Waals surface area contributed by atoms with Crippen LogP contribution in [0.25, 0.3) is 33.5 Å². The molecule has 0 spiro atoms. The molecule has 0 aliphatic carbocycles. The van der Waals surface area contributed by atoms with Gasteiger partial charge in [-0.25, -0.2) is 9.37 Å². The number of halogens is 1. The minimum Gasteiger partial charge on any atom is -0.497 e. The van der Waals surface area contributed by atoms with Gasteiger partial charge in [0, 0.05) is 42.7 Å². The second kappa shape index (κ2) is 9.67. The van der Waals surface area contributed by atoms with E-state index in [1.54, 1.807) is 19.2 Å². The van der Waals surface area contributed by atoms with Gasteiger partial charge < -0.3 is 29.2 Å². The highest BCUT2D eigenvalue weighted by molar-refractivity contribution is 6.00. The van der Waals surface area contributed by atoms with Crippen molar-refractivity contribution in [3.05, 3.63) is 77.6 Å². The Morgan fingerprint density at radius 1 is 1.12 bits per heavy atom. The first-order valence-electron chi connectivity index (χ1n) is 13.6. The second-order valence-electron chi connectivity index (χ2n) is 10.6. The quantitative estimate of drug-likeness (QED) is 0.346. The third-order valence-corrected chi connectivity index (χ3v) is 7.97. The third-order valence-electron chi connectivity index (χ3n) is 7.97. The number of nitrogens with zero attached hydrogens (tertiary/aromatic N) is 4. The average molecular weight is 540 g/mol. The topological polar surface area (TPSA) is 87.5 Å². The lowest BCUT2D eigenvalue weighted by Gasteiger charge is -2.31. The van der Waals surface area contributed by atoms with Crippen molar-refractivity contribution >= 4 is 27.8 Å². The predicted octanol–water partition coefficient (Wildman–Crippen LogP) is 4.81. The van der Waals surface area contributed by atoms with Crippen LogP contribution in [0.15, 0.2) is 60.7 Å². The fourth-order valence-corrected chi connectivity index (χ4v) is 5.99. The average Bonchev–Trinajstić information content (AvgIpc) is 3.52. The van der Waals surface area contributed by atoms with Crippen LogP contribution in [-0.4, -0.2) is 57.8 Å². The van der Waals surface area contributed by atoms with E-state index >= 15 is 0 Å². The Bertz CT molecular complexity index is 1760. The molecule has 5 aromatic rings. The van der Waals surface area contributed by atoms with Gasteiger partial charge in [-0.15, -0.1) is 0 Å². The SMILES string of the molecule is COc1ccc2cc(-c3nc4cc(C(=O)N5CCC[C@@H](N)C5)cc5c4n3CCO5)n(Cc3ccc(F)cc3)c2c1. The molecule has 1 amide bonds. The molecule has 1 fully saturated rings. The molecule has 2 aromatic heterocycles. The molecule has 0 unspecified atom stereocenters. The molecule has 0 bridgehead atoms. The van der Waals surface area contributed by atoms with Crippen LogP contribution in [0.5, 0.6) is 11.5 Å². The number of aromatic nitrogens is 3. The largest absolute Gasteiger partial charge is 0.497 e. The summed E-state index contributed by atoms with van der Waals surface area (Å²) >= 11 is 0. The van der Waals surface area contributed by atoms with Crippen molar-refractivity contribution in [2.45, 2.75) is 32.0 Å². The third kappa shape index (κ3) is 4.17. The standard InChI is InChI=1S/C31H30FN5O3/c1-39-24-9-6-20-14-27(37(26(20)16-24)17-19-4-7-22(32)8-5-19)30-34-25-13-21(15-28-29(25)36(30)11-12-40-28)31(38)35-10-2-3-23(33)18-35/h4-9,13-16,23H,2-3,10-12,17-18,33H2,1H3/t23-/m1/s1. The molecule has 1 saturated heterocycles. The lowest BCUT2D eigenvalue weighted by Crippen LogP contribution is -2.45. The van der Waals surface area contributed by atoms with Crippen LogP contribution >= 0.6 is 0 Å². The van der Waals surface area contributed by atoms with E-state index in [1.165, 1.54) is 12.1 Å². The molecule has 40 heavy (non-hydrogen) atoms. The molecule has 4 heterocycles. The fraction of sp³-hybridized carbons (Fsp3) is 0.290. The molecular formula is C31H30FN5O3. The summed E-state index contributed by atoms with van der Waals surface area (Å²) in [6.07, 6.45) is 1.84. The summed E-state index contributed by atoms with van der Waals surface area (Å²) in [6, 6.07) is 18.4. The lowest BCUT2D eigenvalue weighted by molar-refractivity contribution is 0.0708. The van der Waals surface area contributed by atoms with Gasteiger partial charge in [-0.1, -0.05) is 12.1 Å². The number of piperidine rings is 1. The zero-order valence-corrected chi connectivity index (χ0v) is 22.3. The van der Waals surface area contributed by atoms with Crippen LogP contribution in [0.1, 0.15) is 28.8 Å². The van der Waals surface area contributed by atoms with Crippen LogP contribution in [0.3, 0.4) is 0 Å². The Kier molecular flexibility index (Phi) is 5.96. The summed E-state index contributed by atoms with van der Waals surface area (Å²) < 4.78 is 29.6. The first-order chi connectivity index (χ1) is 19.5. The van der Waals surface area contributed by atoms with Gasteiger partial charge >= 0.3 is 0 Å². The number of likely N-dealkylation sites (tertiary alicyclic amines) is 1. The summed E-state index contributed by atoms with van der Waals surface area (Å²) in [5.41, 5.74) is 11.2. The molecule has 204 valence electrons. The first-order valence-corrected chi connectivity index (χ1v) is 13.6.